The van der Waals surface area contributed by atoms with Crippen LogP contribution in [0.25, 0.3) is 0 Å². The molecule has 0 saturated heterocycles. The van der Waals surface area contributed by atoms with E-state index in [0.29, 0.717) is 13.2 Å². The van der Waals surface area contributed by atoms with Crippen molar-refractivity contribution in [2.45, 2.75) is 18.9 Å². The Labute approximate surface area is 105 Å². The molecule has 2 N–H and O–H groups in total. The predicted molar refractivity (Wildman–Crippen MR) is 72.1 cm³/mol. The Morgan fingerprint density at radius 3 is 2.47 bits per heavy atom. The number of nitrogens with two attached hydrogens (primary N) is 1. The molecule has 1 unspecified atom stereocenters. The van der Waals surface area contributed by atoms with Crippen LogP contribution in [0.3, 0.4) is 0 Å². The van der Waals surface area contributed by atoms with Gasteiger partial charge in [0.15, 0.2) is 0 Å². The van der Waals surface area contributed by atoms with Crippen molar-refractivity contribution in [1.29, 1.82) is 0 Å². The standard InChI is InChI=1S/C14H24N2O/c1-14(11-15,12-17-3)16(2)10-9-13-7-5-4-6-8-13/h4-8H,9-12,15H2,1-3H3. The third-order valence-corrected chi connectivity index (χ3v) is 3.40. The molecule has 0 fully saturated rings. The highest BCUT2D eigenvalue weighted by atomic mass is 16.5. The van der Waals surface area contributed by atoms with E-state index >= 15 is 0 Å². The Hall–Kier alpha value is -0.900. The van der Waals surface area contributed by atoms with Crippen molar-refractivity contribution in [1.82, 2.24) is 4.90 Å². The van der Waals surface area contributed by atoms with Gasteiger partial charge in [-0.2, -0.15) is 0 Å². The fraction of sp³-hybridized carbons (Fsp3) is 0.571. The van der Waals surface area contributed by atoms with E-state index in [4.69, 9.17) is 10.5 Å². The molecular formula is C14H24N2O. The molecule has 0 aromatic heterocycles. The minimum atomic E-state index is -0.0798. The molecule has 0 aliphatic carbocycles. The van der Waals surface area contributed by atoms with Crippen LogP contribution in [0.15, 0.2) is 30.3 Å². The highest BCUT2D eigenvalue weighted by Gasteiger charge is 2.27. The molecular weight excluding hydrogens is 212 g/mol. The second-order valence-corrected chi connectivity index (χ2v) is 4.79. The minimum absolute atomic E-state index is 0.0798. The third-order valence-electron chi connectivity index (χ3n) is 3.40. The average molecular weight is 236 g/mol. The van der Waals surface area contributed by atoms with Crippen molar-refractivity contribution in [3.8, 4) is 0 Å². The first-order valence-electron chi connectivity index (χ1n) is 6.06. The Morgan fingerprint density at radius 2 is 1.94 bits per heavy atom. The summed E-state index contributed by atoms with van der Waals surface area (Å²) < 4.78 is 5.25. The molecule has 0 saturated carbocycles. The van der Waals surface area contributed by atoms with Crippen LogP contribution in [0.5, 0.6) is 0 Å². The van der Waals surface area contributed by atoms with Crippen LogP contribution >= 0.6 is 0 Å². The van der Waals surface area contributed by atoms with Gasteiger partial charge in [-0.15, -0.1) is 0 Å². The van der Waals surface area contributed by atoms with E-state index in [2.05, 4.69) is 43.1 Å². The highest BCUT2D eigenvalue weighted by molar-refractivity contribution is 5.15. The zero-order valence-corrected chi connectivity index (χ0v) is 11.1. The van der Waals surface area contributed by atoms with Gasteiger partial charge in [-0.25, -0.2) is 0 Å². The molecule has 1 atom stereocenters. The SMILES string of the molecule is COCC(C)(CN)N(C)CCc1ccccc1. The maximum Gasteiger partial charge on any atom is 0.0656 e. The summed E-state index contributed by atoms with van der Waals surface area (Å²) in [6, 6.07) is 10.5. The maximum atomic E-state index is 5.84. The lowest BCUT2D eigenvalue weighted by Gasteiger charge is -2.37. The van der Waals surface area contributed by atoms with E-state index in [1.165, 1.54) is 5.56 Å². The first-order valence-corrected chi connectivity index (χ1v) is 6.06. The second kappa shape index (κ2) is 6.74. The summed E-state index contributed by atoms with van der Waals surface area (Å²) in [5.74, 6) is 0. The smallest absolute Gasteiger partial charge is 0.0656 e. The van der Waals surface area contributed by atoms with Gasteiger partial charge in [0, 0.05) is 20.2 Å². The third kappa shape index (κ3) is 4.11. The van der Waals surface area contributed by atoms with Gasteiger partial charge in [0.05, 0.1) is 12.1 Å². The number of rotatable bonds is 7. The molecule has 17 heavy (non-hydrogen) atoms. The van der Waals surface area contributed by atoms with Crippen molar-refractivity contribution in [2.75, 3.05) is 33.9 Å². The number of nitrogens with zero attached hydrogens (tertiary/aromatic N) is 1. The second-order valence-electron chi connectivity index (χ2n) is 4.79. The van der Waals surface area contributed by atoms with Crippen molar-refractivity contribution >= 4 is 0 Å². The van der Waals surface area contributed by atoms with Crippen LogP contribution in [0.4, 0.5) is 0 Å². The van der Waals surface area contributed by atoms with E-state index in [0.717, 1.165) is 13.0 Å². The van der Waals surface area contributed by atoms with Gasteiger partial charge in [-0.3, -0.25) is 4.90 Å². The van der Waals surface area contributed by atoms with Crippen LogP contribution in [0.1, 0.15) is 12.5 Å². The summed E-state index contributed by atoms with van der Waals surface area (Å²) >= 11 is 0. The number of methoxy groups -OCH3 is 1. The minimum Gasteiger partial charge on any atom is -0.383 e. The Kier molecular flexibility index (Phi) is 5.62. The van der Waals surface area contributed by atoms with Crippen molar-refractivity contribution in [3.63, 3.8) is 0 Å². The lowest BCUT2D eigenvalue weighted by atomic mass is 10.0. The molecule has 0 spiro atoms. The van der Waals surface area contributed by atoms with Gasteiger partial charge < -0.3 is 10.5 Å². The van der Waals surface area contributed by atoms with Crippen LogP contribution in [-0.4, -0.2) is 44.3 Å². The van der Waals surface area contributed by atoms with Crippen LogP contribution < -0.4 is 5.73 Å². The zero-order chi connectivity index (χ0) is 12.7. The molecule has 0 aliphatic rings. The topological polar surface area (TPSA) is 38.5 Å². The number of hydrogen-bond donors (Lipinski definition) is 1. The summed E-state index contributed by atoms with van der Waals surface area (Å²) in [6.45, 7) is 4.39. The van der Waals surface area contributed by atoms with Gasteiger partial charge in [-0.05, 0) is 26.0 Å². The molecule has 0 heterocycles. The molecule has 3 nitrogen and oxygen atoms in total. The molecule has 1 rings (SSSR count). The molecule has 1 aromatic rings. The van der Waals surface area contributed by atoms with Gasteiger partial charge in [0.2, 0.25) is 0 Å². The Morgan fingerprint density at radius 1 is 1.29 bits per heavy atom. The first kappa shape index (κ1) is 14.2. The quantitative estimate of drug-likeness (QED) is 0.780. The number of hydrogen-bond acceptors (Lipinski definition) is 3. The fourth-order valence-corrected chi connectivity index (χ4v) is 1.85. The average Bonchev–Trinajstić information content (AvgIpc) is 2.37. The molecule has 0 bridgehead atoms. The Balaban J connectivity index is 2.50. The number of benzene rings is 1. The largest absolute Gasteiger partial charge is 0.383 e. The fourth-order valence-electron chi connectivity index (χ4n) is 1.85. The maximum absolute atomic E-state index is 5.84. The molecule has 3 heteroatoms. The highest BCUT2D eigenvalue weighted by Crippen LogP contribution is 2.13. The van der Waals surface area contributed by atoms with E-state index in [9.17, 15) is 0 Å². The molecule has 1 aromatic carbocycles. The van der Waals surface area contributed by atoms with Crippen molar-refractivity contribution < 1.29 is 4.74 Å². The number of likely N-dealkylation sites (N-methyl/N-ethyl adjacent to an activating group) is 1. The molecule has 0 radical (unpaired) electrons. The lowest BCUT2D eigenvalue weighted by molar-refractivity contribution is 0.0443. The van der Waals surface area contributed by atoms with E-state index < -0.39 is 0 Å². The monoisotopic (exact) mass is 236 g/mol. The predicted octanol–water partition coefficient (Wildman–Crippen LogP) is 1.52. The van der Waals surface area contributed by atoms with Gasteiger partial charge in [-0.1, -0.05) is 30.3 Å². The van der Waals surface area contributed by atoms with Gasteiger partial charge in [0.1, 0.15) is 0 Å². The summed E-state index contributed by atoms with van der Waals surface area (Å²) in [6.07, 6.45) is 1.04. The Bertz CT molecular complexity index is 315. The summed E-state index contributed by atoms with van der Waals surface area (Å²) in [4.78, 5) is 2.28. The first-order chi connectivity index (χ1) is 8.12. The van der Waals surface area contributed by atoms with Crippen LogP contribution in [-0.2, 0) is 11.2 Å². The van der Waals surface area contributed by atoms with Gasteiger partial charge >= 0.3 is 0 Å². The van der Waals surface area contributed by atoms with Crippen LogP contribution in [0.2, 0.25) is 0 Å². The van der Waals surface area contributed by atoms with Crippen LogP contribution in [0, 0.1) is 0 Å². The lowest BCUT2D eigenvalue weighted by Crippen LogP contribution is -2.53. The summed E-state index contributed by atoms with van der Waals surface area (Å²) in [5.41, 5.74) is 7.12. The molecule has 0 aliphatic heterocycles. The number of ether oxygens (including phenoxy) is 1. The normalized spacial score (nSPS) is 14.9. The van der Waals surface area contributed by atoms with E-state index in [1.54, 1.807) is 7.11 Å². The summed E-state index contributed by atoms with van der Waals surface area (Å²) in [7, 11) is 3.83. The van der Waals surface area contributed by atoms with E-state index in [1.807, 2.05) is 6.07 Å². The van der Waals surface area contributed by atoms with Crippen molar-refractivity contribution in [3.05, 3.63) is 35.9 Å². The molecule has 0 amide bonds. The van der Waals surface area contributed by atoms with E-state index in [-0.39, 0.29) is 5.54 Å². The van der Waals surface area contributed by atoms with Gasteiger partial charge in [0.25, 0.3) is 0 Å². The molecule has 96 valence electrons. The van der Waals surface area contributed by atoms with Crippen molar-refractivity contribution in [2.24, 2.45) is 5.73 Å². The summed E-state index contributed by atoms with van der Waals surface area (Å²) in [5, 5.41) is 0. The zero-order valence-electron chi connectivity index (χ0n) is 11.1.